The van der Waals surface area contributed by atoms with Crippen molar-refractivity contribution >= 4 is 12.0 Å². The number of carbonyl (C=O) groups is 2. The molecular weight excluding hydrogens is 418 g/mol. The molecule has 2 aliphatic carbocycles. The van der Waals surface area contributed by atoms with Gasteiger partial charge in [-0.2, -0.15) is 0 Å². The molecule has 1 aliphatic heterocycles. The highest BCUT2D eigenvalue weighted by Gasteiger charge is 2.36. The van der Waals surface area contributed by atoms with Crippen molar-refractivity contribution in [1.82, 2.24) is 4.90 Å². The van der Waals surface area contributed by atoms with Crippen LogP contribution in [-0.4, -0.2) is 43.3 Å². The van der Waals surface area contributed by atoms with Gasteiger partial charge in [0, 0.05) is 18.9 Å². The first-order chi connectivity index (χ1) is 15.9. The van der Waals surface area contributed by atoms with E-state index >= 15 is 0 Å². The first kappa shape index (κ1) is 23.7. The molecule has 0 N–H and O–H groups in total. The molecule has 1 aromatic rings. The Morgan fingerprint density at radius 3 is 2.61 bits per heavy atom. The molecule has 6 nitrogen and oxygen atoms in total. The lowest BCUT2D eigenvalue weighted by Crippen LogP contribution is -2.33. The molecule has 33 heavy (non-hydrogen) atoms. The largest absolute Gasteiger partial charge is 0.493 e. The molecule has 2 atom stereocenters. The fraction of sp³-hybridized carbons (Fsp3) is 0.630. The smallest absolute Gasteiger partial charge is 0.416 e. The van der Waals surface area contributed by atoms with Gasteiger partial charge in [-0.05, 0) is 80.1 Å². The molecule has 0 bridgehead atoms. The zero-order valence-corrected chi connectivity index (χ0v) is 20.2. The van der Waals surface area contributed by atoms with Crippen molar-refractivity contribution in [3.05, 3.63) is 35.4 Å². The Morgan fingerprint density at radius 2 is 1.94 bits per heavy atom. The van der Waals surface area contributed by atoms with Gasteiger partial charge in [-0.25, -0.2) is 9.69 Å². The van der Waals surface area contributed by atoms with Crippen LogP contribution in [0.1, 0.15) is 76.7 Å². The van der Waals surface area contributed by atoms with Gasteiger partial charge in [-0.1, -0.05) is 26.0 Å². The Kier molecular flexibility index (Phi) is 7.61. The second-order valence-corrected chi connectivity index (χ2v) is 10.0. The number of nitrogens with zero attached hydrogens (tertiary/aromatic N) is 1. The molecule has 4 rings (SSSR count). The standard InChI is InChI=1S/C27H37NO5/c1-18(2)20-10-8-19(9-11-20)17-32-27(30)28-16-22(15-26(28)29)21-12-13-24(31-3)25(14-21)33-23-6-4-5-7-23/h8,12-14,18,20,22-23H,4-7,9-11,15-17H2,1-3H3/t20-,22?/m1/s1. The van der Waals surface area contributed by atoms with Crippen LogP contribution in [0.15, 0.2) is 29.8 Å². The van der Waals surface area contributed by atoms with Crippen LogP contribution in [0.3, 0.4) is 0 Å². The molecule has 2 amide bonds. The normalized spacial score (nSPS) is 23.7. The third-order valence-electron chi connectivity index (χ3n) is 7.47. The number of methoxy groups -OCH3 is 1. The Hall–Kier alpha value is -2.50. The monoisotopic (exact) mass is 455 g/mol. The summed E-state index contributed by atoms with van der Waals surface area (Å²) in [5, 5.41) is 0. The number of amides is 2. The number of imide groups is 1. The van der Waals surface area contributed by atoms with Crippen LogP contribution in [0.2, 0.25) is 0 Å². The summed E-state index contributed by atoms with van der Waals surface area (Å²) in [6.07, 6.45) is 9.82. The third kappa shape index (κ3) is 5.71. The fourth-order valence-corrected chi connectivity index (χ4v) is 5.21. The maximum atomic E-state index is 12.7. The lowest BCUT2D eigenvalue weighted by molar-refractivity contribution is -0.126. The average Bonchev–Trinajstić information content (AvgIpc) is 3.47. The number of benzene rings is 1. The predicted octanol–water partition coefficient (Wildman–Crippen LogP) is 5.85. The van der Waals surface area contributed by atoms with Crippen molar-refractivity contribution in [1.29, 1.82) is 0 Å². The number of hydrogen-bond donors (Lipinski definition) is 0. The van der Waals surface area contributed by atoms with Crippen molar-refractivity contribution in [3.63, 3.8) is 0 Å². The molecule has 1 aromatic carbocycles. The van der Waals surface area contributed by atoms with E-state index < -0.39 is 6.09 Å². The highest BCUT2D eigenvalue weighted by molar-refractivity contribution is 5.94. The minimum Gasteiger partial charge on any atom is -0.493 e. The number of allylic oxidation sites excluding steroid dienone is 1. The van der Waals surface area contributed by atoms with E-state index in [0.717, 1.165) is 49.0 Å². The van der Waals surface area contributed by atoms with E-state index in [0.29, 0.717) is 30.6 Å². The van der Waals surface area contributed by atoms with Gasteiger partial charge in [0.25, 0.3) is 0 Å². The van der Waals surface area contributed by atoms with Crippen molar-refractivity contribution in [2.45, 2.75) is 77.2 Å². The van der Waals surface area contributed by atoms with Gasteiger partial charge < -0.3 is 14.2 Å². The Morgan fingerprint density at radius 1 is 1.15 bits per heavy atom. The summed E-state index contributed by atoms with van der Waals surface area (Å²) in [5.41, 5.74) is 2.15. The van der Waals surface area contributed by atoms with E-state index in [1.165, 1.54) is 17.7 Å². The summed E-state index contributed by atoms with van der Waals surface area (Å²) in [4.78, 5) is 26.5. The van der Waals surface area contributed by atoms with Crippen LogP contribution in [-0.2, 0) is 9.53 Å². The number of carbonyl (C=O) groups excluding carboxylic acids is 2. The summed E-state index contributed by atoms with van der Waals surface area (Å²) in [6.45, 7) is 5.12. The third-order valence-corrected chi connectivity index (χ3v) is 7.47. The van der Waals surface area contributed by atoms with E-state index in [-0.39, 0.29) is 24.5 Å². The van der Waals surface area contributed by atoms with E-state index in [1.54, 1.807) is 7.11 Å². The van der Waals surface area contributed by atoms with Crippen LogP contribution in [0.5, 0.6) is 11.5 Å². The topological polar surface area (TPSA) is 65.1 Å². The summed E-state index contributed by atoms with van der Waals surface area (Å²) in [6, 6.07) is 5.83. The first-order valence-corrected chi connectivity index (χ1v) is 12.4. The van der Waals surface area contributed by atoms with Gasteiger partial charge in [0.05, 0.1) is 13.2 Å². The lowest BCUT2D eigenvalue weighted by atomic mass is 9.82. The van der Waals surface area contributed by atoms with Crippen LogP contribution in [0.25, 0.3) is 0 Å². The van der Waals surface area contributed by atoms with Crippen molar-refractivity contribution in [2.75, 3.05) is 20.3 Å². The van der Waals surface area contributed by atoms with E-state index in [2.05, 4.69) is 19.9 Å². The molecule has 1 heterocycles. The second-order valence-electron chi connectivity index (χ2n) is 10.0. The molecule has 1 unspecified atom stereocenters. The molecule has 0 spiro atoms. The summed E-state index contributed by atoms with van der Waals surface area (Å²) >= 11 is 0. The Balaban J connectivity index is 1.35. The molecule has 1 saturated heterocycles. The number of likely N-dealkylation sites (tertiary alicyclic amines) is 1. The summed E-state index contributed by atoms with van der Waals surface area (Å²) in [5.74, 6) is 2.55. The molecule has 180 valence electrons. The zero-order valence-electron chi connectivity index (χ0n) is 20.2. The number of ether oxygens (including phenoxy) is 3. The van der Waals surface area contributed by atoms with Crippen molar-refractivity contribution in [2.24, 2.45) is 11.8 Å². The first-order valence-electron chi connectivity index (χ1n) is 12.4. The number of hydrogen-bond acceptors (Lipinski definition) is 5. The van der Waals surface area contributed by atoms with Gasteiger partial charge in [-0.15, -0.1) is 0 Å². The molecule has 2 fully saturated rings. The van der Waals surface area contributed by atoms with Gasteiger partial charge in [-0.3, -0.25) is 4.79 Å². The molecule has 3 aliphatic rings. The van der Waals surface area contributed by atoms with Crippen LogP contribution in [0.4, 0.5) is 4.79 Å². The molecular formula is C27H37NO5. The lowest BCUT2D eigenvalue weighted by Gasteiger charge is -2.25. The average molecular weight is 456 g/mol. The second kappa shape index (κ2) is 10.6. The van der Waals surface area contributed by atoms with Crippen LogP contribution < -0.4 is 9.47 Å². The minimum atomic E-state index is -0.537. The van der Waals surface area contributed by atoms with E-state index in [1.807, 2.05) is 18.2 Å². The molecule has 0 aromatic heterocycles. The highest BCUT2D eigenvalue weighted by atomic mass is 16.6. The molecule has 0 radical (unpaired) electrons. The van der Waals surface area contributed by atoms with Crippen molar-refractivity contribution < 1.29 is 23.8 Å². The Labute approximate surface area is 197 Å². The highest BCUT2D eigenvalue weighted by Crippen LogP contribution is 2.37. The quantitative estimate of drug-likeness (QED) is 0.483. The van der Waals surface area contributed by atoms with E-state index in [9.17, 15) is 9.59 Å². The van der Waals surface area contributed by atoms with E-state index in [4.69, 9.17) is 14.2 Å². The summed E-state index contributed by atoms with van der Waals surface area (Å²) < 4.78 is 17.2. The zero-order chi connectivity index (χ0) is 23.4. The molecule has 1 saturated carbocycles. The fourth-order valence-electron chi connectivity index (χ4n) is 5.21. The summed E-state index contributed by atoms with van der Waals surface area (Å²) in [7, 11) is 1.64. The maximum absolute atomic E-state index is 12.7. The molecule has 6 heteroatoms. The number of rotatable bonds is 7. The van der Waals surface area contributed by atoms with Crippen LogP contribution >= 0.6 is 0 Å². The SMILES string of the molecule is COc1ccc(C2CC(=O)N(C(=O)OCC3=CC[C@@H](C(C)C)CC3)C2)cc1OC1CCCC1. The minimum absolute atomic E-state index is 0.0671. The van der Waals surface area contributed by atoms with Gasteiger partial charge >= 0.3 is 6.09 Å². The van der Waals surface area contributed by atoms with Gasteiger partial charge in [0.15, 0.2) is 11.5 Å². The predicted molar refractivity (Wildman–Crippen MR) is 127 cm³/mol. The Bertz CT molecular complexity index is 886. The van der Waals surface area contributed by atoms with Gasteiger partial charge in [0.2, 0.25) is 5.91 Å². The maximum Gasteiger partial charge on any atom is 0.416 e. The van der Waals surface area contributed by atoms with Crippen LogP contribution in [0, 0.1) is 11.8 Å². The van der Waals surface area contributed by atoms with Crippen molar-refractivity contribution in [3.8, 4) is 11.5 Å². The van der Waals surface area contributed by atoms with Gasteiger partial charge in [0.1, 0.15) is 6.61 Å².